The number of halogens is 2. The van der Waals surface area contributed by atoms with Gasteiger partial charge in [-0.05, 0) is 49.4 Å². The van der Waals surface area contributed by atoms with Crippen molar-refractivity contribution in [3.63, 3.8) is 0 Å². The van der Waals surface area contributed by atoms with E-state index in [1.54, 1.807) is 0 Å². The number of rotatable bonds is 3. The first-order valence-electron chi connectivity index (χ1n) is 10.1. The van der Waals surface area contributed by atoms with Gasteiger partial charge in [0.05, 0.1) is 17.9 Å². The summed E-state index contributed by atoms with van der Waals surface area (Å²) >= 11 is 6.22. The Labute approximate surface area is 181 Å². The highest BCUT2D eigenvalue weighted by Crippen LogP contribution is 2.41. The van der Waals surface area contributed by atoms with Gasteiger partial charge in [-0.2, -0.15) is 0 Å². The molecule has 0 saturated heterocycles. The second-order valence-electron chi connectivity index (χ2n) is 7.81. The molecule has 6 nitrogen and oxygen atoms in total. The second kappa shape index (κ2) is 8.46. The van der Waals surface area contributed by atoms with Crippen molar-refractivity contribution in [3.05, 3.63) is 58.0 Å². The summed E-state index contributed by atoms with van der Waals surface area (Å²) in [7, 11) is 0. The second-order valence-corrected chi connectivity index (χ2v) is 8.24. The molecule has 1 N–H and O–H groups in total. The van der Waals surface area contributed by atoms with E-state index in [0.29, 0.717) is 18.4 Å². The van der Waals surface area contributed by atoms with Crippen molar-refractivity contribution in [1.29, 1.82) is 0 Å². The number of hydrogen-bond donors (Lipinski definition) is 1. The molecule has 5 rings (SSSR count). The maximum absolute atomic E-state index is 6.22. The van der Waals surface area contributed by atoms with Crippen LogP contribution in [0.3, 0.4) is 0 Å². The number of aromatic nitrogens is 4. The van der Waals surface area contributed by atoms with Gasteiger partial charge in [-0.15, -0.1) is 22.6 Å². The van der Waals surface area contributed by atoms with Gasteiger partial charge in [0, 0.05) is 35.9 Å². The number of aryl methyl sites for hydroxylation is 1. The van der Waals surface area contributed by atoms with Gasteiger partial charge in [0.25, 0.3) is 0 Å². The van der Waals surface area contributed by atoms with Crippen LogP contribution in [-0.2, 0) is 19.5 Å². The van der Waals surface area contributed by atoms with E-state index >= 15 is 0 Å². The molecule has 2 aliphatic rings. The van der Waals surface area contributed by atoms with Gasteiger partial charge in [0.15, 0.2) is 5.82 Å². The lowest BCUT2D eigenvalue weighted by Crippen LogP contribution is -2.17. The minimum Gasteiger partial charge on any atom is -0.361 e. The molecule has 1 fully saturated rings. The van der Waals surface area contributed by atoms with Gasteiger partial charge in [0.2, 0.25) is 0 Å². The highest BCUT2D eigenvalue weighted by molar-refractivity contribution is 6.30. The molecule has 1 aromatic carbocycles. The Hall–Kier alpha value is -1.89. The summed E-state index contributed by atoms with van der Waals surface area (Å²) in [6, 6.07) is 8.20. The van der Waals surface area contributed by atoms with E-state index in [1.807, 2.05) is 12.1 Å². The van der Waals surface area contributed by atoms with Crippen LogP contribution in [0, 0.1) is 0 Å². The molecule has 2 aromatic heterocycles. The summed E-state index contributed by atoms with van der Waals surface area (Å²) in [5, 5.41) is 17.6. The Balaban J connectivity index is 0.00000205. The zero-order chi connectivity index (χ0) is 19.1. The molecule has 1 aliphatic carbocycles. The summed E-state index contributed by atoms with van der Waals surface area (Å²) in [6.45, 7) is 3.60. The summed E-state index contributed by atoms with van der Waals surface area (Å²) in [5.41, 5.74) is 3.45. The van der Waals surface area contributed by atoms with E-state index in [0.717, 1.165) is 72.5 Å². The highest BCUT2D eigenvalue weighted by Gasteiger charge is 2.30. The maximum atomic E-state index is 6.22. The lowest BCUT2D eigenvalue weighted by Gasteiger charge is -2.27. The number of nitrogens with one attached hydrogen (secondary N) is 1. The van der Waals surface area contributed by atoms with Crippen LogP contribution in [0.4, 0.5) is 0 Å². The van der Waals surface area contributed by atoms with Gasteiger partial charge < -0.3 is 9.84 Å². The Bertz CT molecular complexity index is 991. The molecule has 0 spiro atoms. The van der Waals surface area contributed by atoms with Crippen molar-refractivity contribution >= 4 is 24.0 Å². The van der Waals surface area contributed by atoms with Crippen LogP contribution >= 0.6 is 24.0 Å². The third-order valence-electron chi connectivity index (χ3n) is 6.07. The number of benzene rings is 1. The number of fused-ring (bicyclic) bond motifs is 3. The first-order chi connectivity index (χ1) is 13.7. The minimum atomic E-state index is 0. The molecule has 0 radical (unpaired) electrons. The summed E-state index contributed by atoms with van der Waals surface area (Å²) in [5.74, 6) is 3.93. The van der Waals surface area contributed by atoms with E-state index < -0.39 is 0 Å². The standard InChI is InChI=1S/C21H24ClN5O.ClH/c1-2-17-10-18(26-28-17)13-3-5-14(6-4-13)21-25-24-20-12-23-11-15-9-16(22)7-8-19(15)27(20)21;/h7-10,13-14,23H,2-6,11-12H2,1H3;1H/t13-,14+;. The quantitative estimate of drug-likeness (QED) is 0.633. The van der Waals surface area contributed by atoms with Crippen LogP contribution in [0.15, 0.2) is 28.8 Å². The van der Waals surface area contributed by atoms with Gasteiger partial charge in [0.1, 0.15) is 11.6 Å². The Kier molecular flexibility index (Phi) is 5.95. The monoisotopic (exact) mass is 433 g/mol. The largest absolute Gasteiger partial charge is 0.361 e. The SMILES string of the molecule is CCc1cc([C@H]2CC[C@@H](c3nnc4n3-c3ccc(Cl)cc3CNC4)CC2)no1.Cl. The smallest absolute Gasteiger partial charge is 0.151 e. The molecule has 1 aliphatic heterocycles. The van der Waals surface area contributed by atoms with Crippen molar-refractivity contribution < 1.29 is 4.52 Å². The van der Waals surface area contributed by atoms with Crippen molar-refractivity contribution in [2.45, 2.75) is 64.0 Å². The molecule has 8 heteroatoms. The van der Waals surface area contributed by atoms with Crippen molar-refractivity contribution in [2.75, 3.05) is 0 Å². The predicted molar refractivity (Wildman–Crippen MR) is 114 cm³/mol. The fourth-order valence-corrected chi connectivity index (χ4v) is 4.72. The van der Waals surface area contributed by atoms with E-state index in [9.17, 15) is 0 Å². The van der Waals surface area contributed by atoms with Crippen molar-refractivity contribution in [3.8, 4) is 5.69 Å². The summed E-state index contributed by atoms with van der Waals surface area (Å²) in [4.78, 5) is 0. The van der Waals surface area contributed by atoms with E-state index in [2.05, 4.69) is 44.3 Å². The lowest BCUT2D eigenvalue weighted by atomic mass is 9.80. The van der Waals surface area contributed by atoms with Gasteiger partial charge in [-0.25, -0.2) is 0 Å². The fourth-order valence-electron chi connectivity index (χ4n) is 4.53. The Morgan fingerprint density at radius 1 is 1.10 bits per heavy atom. The van der Waals surface area contributed by atoms with Crippen LogP contribution in [0.1, 0.15) is 73.1 Å². The van der Waals surface area contributed by atoms with Crippen LogP contribution in [0.25, 0.3) is 5.69 Å². The summed E-state index contributed by atoms with van der Waals surface area (Å²) < 4.78 is 7.66. The van der Waals surface area contributed by atoms with E-state index in [-0.39, 0.29) is 12.4 Å². The maximum Gasteiger partial charge on any atom is 0.151 e. The number of nitrogens with zero attached hydrogens (tertiary/aromatic N) is 4. The van der Waals surface area contributed by atoms with E-state index in [1.165, 1.54) is 5.56 Å². The normalized spacial score (nSPS) is 21.0. The average Bonchev–Trinajstić information content (AvgIpc) is 3.32. The summed E-state index contributed by atoms with van der Waals surface area (Å²) in [6.07, 6.45) is 5.29. The molecule has 0 unspecified atom stereocenters. The zero-order valence-electron chi connectivity index (χ0n) is 16.4. The molecule has 154 valence electrons. The third-order valence-corrected chi connectivity index (χ3v) is 6.31. The lowest BCUT2D eigenvalue weighted by molar-refractivity contribution is 0.344. The molecule has 0 atom stereocenters. The molecule has 1 saturated carbocycles. The Morgan fingerprint density at radius 2 is 1.90 bits per heavy atom. The molecule has 3 heterocycles. The van der Waals surface area contributed by atoms with Gasteiger partial charge >= 0.3 is 0 Å². The minimum absolute atomic E-state index is 0. The van der Waals surface area contributed by atoms with E-state index in [4.69, 9.17) is 16.1 Å². The topological polar surface area (TPSA) is 68.8 Å². The Morgan fingerprint density at radius 3 is 2.66 bits per heavy atom. The predicted octanol–water partition coefficient (Wildman–Crippen LogP) is 4.94. The first-order valence-corrected chi connectivity index (χ1v) is 10.5. The first kappa shape index (κ1) is 20.4. The van der Waals surface area contributed by atoms with Crippen LogP contribution in [0.5, 0.6) is 0 Å². The molecule has 3 aromatic rings. The van der Waals surface area contributed by atoms with Crippen LogP contribution in [-0.4, -0.2) is 19.9 Å². The molecular weight excluding hydrogens is 409 g/mol. The van der Waals surface area contributed by atoms with Crippen molar-refractivity contribution in [2.24, 2.45) is 0 Å². The van der Waals surface area contributed by atoms with Crippen molar-refractivity contribution in [1.82, 2.24) is 25.2 Å². The third kappa shape index (κ3) is 3.81. The van der Waals surface area contributed by atoms with Crippen LogP contribution in [0.2, 0.25) is 5.02 Å². The zero-order valence-corrected chi connectivity index (χ0v) is 18.0. The molecular formula is C21H25Cl2N5O. The fraction of sp³-hybridized carbons (Fsp3) is 0.476. The average molecular weight is 434 g/mol. The van der Waals surface area contributed by atoms with Crippen LogP contribution < -0.4 is 5.32 Å². The molecule has 29 heavy (non-hydrogen) atoms. The van der Waals surface area contributed by atoms with Gasteiger partial charge in [-0.3, -0.25) is 4.57 Å². The van der Waals surface area contributed by atoms with Gasteiger partial charge in [-0.1, -0.05) is 23.7 Å². The molecule has 0 bridgehead atoms. The number of hydrogen-bond acceptors (Lipinski definition) is 5. The highest BCUT2D eigenvalue weighted by atomic mass is 35.5. The molecule has 0 amide bonds.